The Balaban J connectivity index is 0.00000280. The fraction of sp³-hybridized carbons (Fsp3) is 0.391. The number of aliphatic hydroxyl groups excluding tert-OH is 1. The molecule has 0 amide bonds. The van der Waals surface area contributed by atoms with Crippen LogP contribution in [0.1, 0.15) is 33.3 Å². The number of benzene rings is 3. The first-order valence-electron chi connectivity index (χ1n) is 9.23. The molecule has 0 aliphatic rings. The van der Waals surface area contributed by atoms with Crippen molar-refractivity contribution >= 4 is 45.6 Å². The SMILES string of the molecule is CC(C)(C)C(C)(CO)C(N)(O)Cc1c2ccccc2c(Cl)c2ccccc12.Cl. The van der Waals surface area contributed by atoms with E-state index in [-0.39, 0.29) is 25.4 Å². The minimum Gasteiger partial charge on any atom is -0.396 e. The molecule has 3 aromatic rings. The van der Waals surface area contributed by atoms with Crippen molar-refractivity contribution in [2.45, 2.75) is 39.8 Å². The molecule has 0 saturated carbocycles. The van der Waals surface area contributed by atoms with Crippen LogP contribution in [0.3, 0.4) is 0 Å². The normalized spacial score (nSPS) is 16.4. The van der Waals surface area contributed by atoms with E-state index in [1.54, 1.807) is 0 Å². The number of aliphatic hydroxyl groups is 2. The van der Waals surface area contributed by atoms with Gasteiger partial charge in [0, 0.05) is 22.6 Å². The quantitative estimate of drug-likeness (QED) is 0.395. The average Bonchev–Trinajstić information content (AvgIpc) is 2.63. The van der Waals surface area contributed by atoms with E-state index in [0.717, 1.165) is 27.1 Å². The van der Waals surface area contributed by atoms with Gasteiger partial charge in [-0.25, -0.2) is 0 Å². The van der Waals surface area contributed by atoms with Crippen LogP contribution in [-0.4, -0.2) is 22.5 Å². The molecule has 0 aliphatic heterocycles. The van der Waals surface area contributed by atoms with Gasteiger partial charge in [0.15, 0.2) is 0 Å². The number of fused-ring (bicyclic) bond motifs is 2. The summed E-state index contributed by atoms with van der Waals surface area (Å²) in [5.74, 6) is 0. The van der Waals surface area contributed by atoms with Crippen LogP contribution in [0.15, 0.2) is 48.5 Å². The number of nitrogens with two attached hydrogens (primary N) is 1. The fourth-order valence-electron chi connectivity index (χ4n) is 3.84. The van der Waals surface area contributed by atoms with Crippen LogP contribution in [0.2, 0.25) is 5.02 Å². The van der Waals surface area contributed by atoms with E-state index >= 15 is 0 Å². The van der Waals surface area contributed by atoms with Crippen molar-refractivity contribution in [1.82, 2.24) is 0 Å². The zero-order valence-electron chi connectivity index (χ0n) is 16.8. The van der Waals surface area contributed by atoms with Crippen LogP contribution >= 0.6 is 24.0 Å². The molecule has 152 valence electrons. The van der Waals surface area contributed by atoms with Gasteiger partial charge in [-0.2, -0.15) is 0 Å². The summed E-state index contributed by atoms with van der Waals surface area (Å²) in [7, 11) is 0. The Hall–Kier alpha value is -1.36. The molecule has 3 nitrogen and oxygen atoms in total. The molecule has 0 spiro atoms. The zero-order chi connectivity index (χ0) is 20.0. The molecule has 4 N–H and O–H groups in total. The number of rotatable bonds is 4. The van der Waals surface area contributed by atoms with E-state index in [9.17, 15) is 10.2 Å². The molecule has 0 aromatic heterocycles. The Labute approximate surface area is 177 Å². The van der Waals surface area contributed by atoms with Gasteiger partial charge in [0.1, 0.15) is 5.72 Å². The van der Waals surface area contributed by atoms with Crippen molar-refractivity contribution in [1.29, 1.82) is 0 Å². The van der Waals surface area contributed by atoms with Crippen molar-refractivity contribution in [3.05, 3.63) is 59.1 Å². The molecule has 0 radical (unpaired) electrons. The molecule has 2 unspecified atom stereocenters. The van der Waals surface area contributed by atoms with E-state index in [4.69, 9.17) is 17.3 Å². The summed E-state index contributed by atoms with van der Waals surface area (Å²) in [5, 5.41) is 26.1. The summed E-state index contributed by atoms with van der Waals surface area (Å²) >= 11 is 6.67. The van der Waals surface area contributed by atoms with Crippen molar-refractivity contribution in [3.8, 4) is 0 Å². The second-order valence-corrected chi connectivity index (χ2v) is 9.10. The lowest BCUT2D eigenvalue weighted by molar-refractivity contribution is -0.149. The molecule has 5 heteroatoms. The van der Waals surface area contributed by atoms with Crippen LogP contribution in [0.4, 0.5) is 0 Å². The Kier molecular flexibility index (Phi) is 6.40. The Morgan fingerprint density at radius 1 is 0.857 bits per heavy atom. The largest absolute Gasteiger partial charge is 0.396 e. The third-order valence-electron chi connectivity index (χ3n) is 6.35. The molecule has 28 heavy (non-hydrogen) atoms. The molecule has 3 rings (SSSR count). The fourth-order valence-corrected chi connectivity index (χ4v) is 4.17. The maximum absolute atomic E-state index is 11.4. The Bertz CT molecular complexity index is 938. The van der Waals surface area contributed by atoms with Crippen LogP contribution in [0.25, 0.3) is 21.5 Å². The van der Waals surface area contributed by atoms with Gasteiger partial charge in [-0.3, -0.25) is 0 Å². The predicted octanol–water partition coefficient (Wildman–Crippen LogP) is 5.30. The predicted molar refractivity (Wildman–Crippen MR) is 121 cm³/mol. The first-order chi connectivity index (χ1) is 12.5. The third kappa shape index (κ3) is 3.51. The highest BCUT2D eigenvalue weighted by Gasteiger charge is 2.51. The maximum Gasteiger partial charge on any atom is 0.125 e. The van der Waals surface area contributed by atoms with Crippen molar-refractivity contribution < 1.29 is 10.2 Å². The Morgan fingerprint density at radius 2 is 1.25 bits per heavy atom. The highest BCUT2D eigenvalue weighted by Crippen LogP contribution is 2.47. The summed E-state index contributed by atoms with van der Waals surface area (Å²) in [6.45, 7) is 7.58. The van der Waals surface area contributed by atoms with Crippen LogP contribution < -0.4 is 5.73 Å². The van der Waals surface area contributed by atoms with Gasteiger partial charge in [-0.1, -0.05) is 87.8 Å². The van der Waals surface area contributed by atoms with Crippen molar-refractivity contribution in [2.24, 2.45) is 16.6 Å². The van der Waals surface area contributed by atoms with Gasteiger partial charge in [-0.05, 0) is 21.8 Å². The summed E-state index contributed by atoms with van der Waals surface area (Å²) in [6, 6.07) is 15.8. The van der Waals surface area contributed by atoms with Gasteiger partial charge in [0.05, 0.1) is 11.6 Å². The molecular weight excluding hydrogens is 393 g/mol. The number of hydrogen-bond donors (Lipinski definition) is 3. The van der Waals surface area contributed by atoms with Gasteiger partial charge in [0.25, 0.3) is 0 Å². The minimum atomic E-state index is -1.61. The number of hydrogen-bond acceptors (Lipinski definition) is 3. The third-order valence-corrected chi connectivity index (χ3v) is 6.76. The molecule has 3 aromatic carbocycles. The van der Waals surface area contributed by atoms with E-state index in [1.165, 1.54) is 0 Å². The first kappa shape index (κ1) is 22.9. The molecule has 0 fully saturated rings. The minimum absolute atomic E-state index is 0. The van der Waals surface area contributed by atoms with E-state index < -0.39 is 16.6 Å². The second-order valence-electron chi connectivity index (χ2n) is 8.72. The van der Waals surface area contributed by atoms with Crippen LogP contribution in [0.5, 0.6) is 0 Å². The van der Waals surface area contributed by atoms with Gasteiger partial charge >= 0.3 is 0 Å². The maximum atomic E-state index is 11.4. The summed E-state index contributed by atoms with van der Waals surface area (Å²) in [6.07, 6.45) is 0.208. The summed E-state index contributed by atoms with van der Waals surface area (Å²) in [5.41, 5.74) is 4.54. The average molecular weight is 422 g/mol. The monoisotopic (exact) mass is 421 g/mol. The van der Waals surface area contributed by atoms with Crippen molar-refractivity contribution in [3.63, 3.8) is 0 Å². The van der Waals surface area contributed by atoms with E-state index in [2.05, 4.69) is 0 Å². The lowest BCUT2D eigenvalue weighted by atomic mass is 9.61. The highest BCUT2D eigenvalue weighted by atomic mass is 35.5. The Morgan fingerprint density at radius 3 is 1.61 bits per heavy atom. The molecule has 0 heterocycles. The first-order valence-corrected chi connectivity index (χ1v) is 9.61. The lowest BCUT2D eigenvalue weighted by Gasteiger charge is -2.50. The summed E-state index contributed by atoms with van der Waals surface area (Å²) in [4.78, 5) is 0. The van der Waals surface area contributed by atoms with E-state index in [0.29, 0.717) is 5.02 Å². The van der Waals surface area contributed by atoms with Gasteiger partial charge < -0.3 is 15.9 Å². The smallest absolute Gasteiger partial charge is 0.125 e. The molecule has 0 bridgehead atoms. The number of halogens is 2. The zero-order valence-corrected chi connectivity index (χ0v) is 18.4. The molecule has 2 atom stereocenters. The molecule has 0 saturated heterocycles. The van der Waals surface area contributed by atoms with Crippen molar-refractivity contribution in [2.75, 3.05) is 6.61 Å². The highest BCUT2D eigenvalue weighted by molar-refractivity contribution is 6.41. The van der Waals surface area contributed by atoms with Crippen LogP contribution in [0, 0.1) is 10.8 Å². The topological polar surface area (TPSA) is 66.5 Å². The van der Waals surface area contributed by atoms with E-state index in [1.807, 2.05) is 76.2 Å². The second kappa shape index (κ2) is 7.81. The van der Waals surface area contributed by atoms with Gasteiger partial charge in [0.2, 0.25) is 0 Å². The van der Waals surface area contributed by atoms with Gasteiger partial charge in [-0.15, -0.1) is 12.4 Å². The molecular formula is C23H29Cl2NO2. The molecule has 0 aliphatic carbocycles. The van der Waals surface area contributed by atoms with Crippen LogP contribution in [-0.2, 0) is 6.42 Å². The summed E-state index contributed by atoms with van der Waals surface area (Å²) < 4.78 is 0. The lowest BCUT2D eigenvalue weighted by Crippen LogP contribution is -2.62. The standard InChI is InChI=1S/C23H28ClNO2.ClH/c1-21(2,3)22(4,14-26)23(25,27)13-19-15-9-5-7-11-17(15)20(24)18-12-8-6-10-16(18)19;/h5-12,26-27H,13-14,25H2,1-4H3;1H.